The van der Waals surface area contributed by atoms with Crippen molar-refractivity contribution in [3.05, 3.63) is 35.9 Å². The highest BCUT2D eigenvalue weighted by molar-refractivity contribution is 6.78. The summed E-state index contributed by atoms with van der Waals surface area (Å²) in [4.78, 5) is 11.8. The predicted molar refractivity (Wildman–Crippen MR) is 66.4 cm³/mol. The van der Waals surface area contributed by atoms with Crippen LogP contribution < -0.4 is 5.32 Å². The van der Waals surface area contributed by atoms with Gasteiger partial charge in [0, 0.05) is 13.9 Å². The van der Waals surface area contributed by atoms with E-state index in [1.807, 2.05) is 37.8 Å². The van der Waals surface area contributed by atoms with E-state index in [1.165, 1.54) is 0 Å². The van der Waals surface area contributed by atoms with Gasteiger partial charge in [-0.15, -0.1) is 0 Å². The van der Waals surface area contributed by atoms with Crippen molar-refractivity contribution in [2.45, 2.75) is 32.2 Å². The number of amides is 1. The zero-order chi connectivity index (χ0) is 13.1. The normalized spacial score (nSPS) is 17.3. The minimum atomic E-state index is -1.82. The molecule has 0 spiro atoms. The number of hydrogen-bond acceptors (Lipinski definition) is 1. The molecule has 0 radical (unpaired) electrons. The van der Waals surface area contributed by atoms with Gasteiger partial charge in [0.1, 0.15) is 0 Å². The van der Waals surface area contributed by atoms with E-state index in [-0.39, 0.29) is 5.91 Å². The molecule has 2 atom stereocenters. The van der Waals surface area contributed by atoms with Crippen LogP contribution in [0.4, 0.5) is 0 Å². The van der Waals surface area contributed by atoms with Crippen molar-refractivity contribution >= 4 is 14.0 Å². The SMILES string of the molecule is [2H]C(NC(=O)C([2H])[Si](C)(C)C)c1ccccc1. The molecular weight excluding hydrogens is 202 g/mol. The summed E-state index contributed by atoms with van der Waals surface area (Å²) >= 11 is 0. The highest BCUT2D eigenvalue weighted by Gasteiger charge is 2.17. The number of carbonyl (C=O) groups excluding carboxylic acids is 1. The van der Waals surface area contributed by atoms with Crippen LogP contribution in [-0.2, 0) is 11.3 Å². The van der Waals surface area contributed by atoms with E-state index in [2.05, 4.69) is 5.32 Å². The standard InChI is InChI=1S/C12H19NOSi/c1-15(2,3)10-12(14)13-9-11-7-5-4-6-8-11/h4-8H,9-10H2,1-3H3,(H,13,14)/i9D,10D. The van der Waals surface area contributed by atoms with Gasteiger partial charge >= 0.3 is 0 Å². The lowest BCUT2D eigenvalue weighted by Gasteiger charge is -2.15. The highest BCUT2D eigenvalue weighted by atomic mass is 28.3. The molecule has 0 aromatic heterocycles. The average Bonchev–Trinajstić information content (AvgIpc) is 2.27. The van der Waals surface area contributed by atoms with Crippen LogP contribution in [0.25, 0.3) is 0 Å². The van der Waals surface area contributed by atoms with Crippen molar-refractivity contribution in [1.82, 2.24) is 5.32 Å². The van der Waals surface area contributed by atoms with E-state index in [4.69, 9.17) is 2.74 Å². The third-order valence-electron chi connectivity index (χ3n) is 1.74. The molecular formula is C12H19NOSi. The van der Waals surface area contributed by atoms with E-state index in [0.717, 1.165) is 5.56 Å². The molecule has 0 heterocycles. The number of rotatable bonds is 4. The largest absolute Gasteiger partial charge is 0.352 e. The van der Waals surface area contributed by atoms with Gasteiger partial charge in [0.15, 0.2) is 0 Å². The van der Waals surface area contributed by atoms with Gasteiger partial charge in [0.2, 0.25) is 5.91 Å². The first-order valence-electron chi connectivity index (χ1n) is 6.17. The van der Waals surface area contributed by atoms with Crippen molar-refractivity contribution in [3.8, 4) is 0 Å². The van der Waals surface area contributed by atoms with Gasteiger partial charge in [-0.25, -0.2) is 0 Å². The van der Waals surface area contributed by atoms with Crippen LogP contribution in [0.3, 0.4) is 0 Å². The van der Waals surface area contributed by atoms with Crippen LogP contribution >= 0.6 is 0 Å². The fourth-order valence-corrected chi connectivity index (χ4v) is 2.01. The van der Waals surface area contributed by atoms with Crippen LogP contribution in [0, 0.1) is 0 Å². The van der Waals surface area contributed by atoms with E-state index in [1.54, 1.807) is 12.1 Å². The van der Waals surface area contributed by atoms with E-state index in [0.29, 0.717) is 0 Å². The Labute approximate surface area is 95.5 Å². The molecule has 2 unspecified atom stereocenters. The average molecular weight is 223 g/mol. The Morgan fingerprint density at radius 1 is 1.33 bits per heavy atom. The first-order valence-corrected chi connectivity index (χ1v) is 8.60. The minimum absolute atomic E-state index is 0.340. The molecule has 1 aromatic carbocycles. The number of hydrogen-bond donors (Lipinski definition) is 1. The van der Waals surface area contributed by atoms with Crippen LogP contribution in [0.15, 0.2) is 30.3 Å². The molecule has 15 heavy (non-hydrogen) atoms. The second-order valence-electron chi connectivity index (χ2n) is 4.57. The summed E-state index contributed by atoms with van der Waals surface area (Å²) in [7, 11) is -1.82. The van der Waals surface area contributed by atoms with Gasteiger partial charge in [-0.3, -0.25) is 4.79 Å². The zero-order valence-electron chi connectivity index (χ0n) is 11.4. The van der Waals surface area contributed by atoms with Crippen LogP contribution in [0.2, 0.25) is 25.7 Å². The Bertz CT molecular complexity index is 378. The van der Waals surface area contributed by atoms with Gasteiger partial charge in [-0.2, -0.15) is 0 Å². The monoisotopic (exact) mass is 223 g/mol. The Morgan fingerprint density at radius 3 is 2.47 bits per heavy atom. The van der Waals surface area contributed by atoms with Crippen molar-refractivity contribution in [2.75, 3.05) is 0 Å². The van der Waals surface area contributed by atoms with E-state index >= 15 is 0 Å². The highest BCUT2D eigenvalue weighted by Crippen LogP contribution is 2.07. The Morgan fingerprint density at radius 2 is 1.93 bits per heavy atom. The zero-order valence-corrected chi connectivity index (χ0v) is 10.4. The second kappa shape index (κ2) is 5.12. The molecule has 0 bridgehead atoms. The number of benzene rings is 1. The summed E-state index contributed by atoms with van der Waals surface area (Å²) in [5, 5.41) is 2.58. The van der Waals surface area contributed by atoms with Crippen LogP contribution in [0.5, 0.6) is 0 Å². The van der Waals surface area contributed by atoms with Gasteiger partial charge in [0.05, 0.1) is 9.44 Å². The lowest BCUT2D eigenvalue weighted by molar-refractivity contribution is -0.119. The summed E-state index contributed by atoms with van der Waals surface area (Å²) in [6.07, 6.45) is 0. The minimum Gasteiger partial charge on any atom is -0.352 e. The summed E-state index contributed by atoms with van der Waals surface area (Å²) < 4.78 is 15.7. The maximum Gasteiger partial charge on any atom is 0.217 e. The van der Waals surface area contributed by atoms with Gasteiger partial charge in [0.25, 0.3) is 0 Å². The van der Waals surface area contributed by atoms with Crippen molar-refractivity contribution in [3.63, 3.8) is 0 Å². The summed E-state index contributed by atoms with van der Waals surface area (Å²) in [5.74, 6) is -0.340. The van der Waals surface area contributed by atoms with Gasteiger partial charge < -0.3 is 5.32 Å². The van der Waals surface area contributed by atoms with Crippen LogP contribution in [-0.4, -0.2) is 14.0 Å². The molecule has 1 rings (SSSR count). The molecule has 0 aliphatic heterocycles. The maximum atomic E-state index is 11.8. The molecule has 0 saturated carbocycles. The molecule has 3 heteroatoms. The van der Waals surface area contributed by atoms with E-state index < -0.39 is 20.6 Å². The van der Waals surface area contributed by atoms with Gasteiger partial charge in [-0.05, 0) is 5.56 Å². The third-order valence-corrected chi connectivity index (χ3v) is 2.87. The molecule has 2 nitrogen and oxygen atoms in total. The topological polar surface area (TPSA) is 29.1 Å². The summed E-state index contributed by atoms with van der Waals surface area (Å²) in [6.45, 7) is 5.15. The Balaban J connectivity index is 2.64. The predicted octanol–water partition coefficient (Wildman–Crippen LogP) is 2.64. The van der Waals surface area contributed by atoms with Gasteiger partial charge in [-0.1, -0.05) is 50.0 Å². The molecule has 1 aromatic rings. The fourth-order valence-electron chi connectivity index (χ4n) is 1.14. The smallest absolute Gasteiger partial charge is 0.217 e. The Hall–Kier alpha value is -1.09. The van der Waals surface area contributed by atoms with Crippen molar-refractivity contribution < 1.29 is 7.54 Å². The first kappa shape index (κ1) is 9.16. The van der Waals surface area contributed by atoms with E-state index in [9.17, 15) is 4.79 Å². The molecule has 1 N–H and O–H groups in total. The second-order valence-corrected chi connectivity index (χ2v) is 9.59. The molecule has 0 aliphatic rings. The third kappa shape index (κ3) is 5.37. The molecule has 0 aliphatic carbocycles. The lowest BCUT2D eigenvalue weighted by Crippen LogP contribution is -2.32. The Kier molecular flexibility index (Phi) is 3.12. The number of nitrogens with one attached hydrogen (secondary N) is 1. The number of carbonyl (C=O) groups is 1. The maximum absolute atomic E-state index is 11.8. The van der Waals surface area contributed by atoms with Crippen molar-refractivity contribution in [1.29, 1.82) is 0 Å². The fraction of sp³-hybridized carbons (Fsp3) is 0.417. The summed E-state index contributed by atoms with van der Waals surface area (Å²) in [6, 6.07) is 8.41. The van der Waals surface area contributed by atoms with Crippen molar-refractivity contribution in [2.24, 2.45) is 0 Å². The summed E-state index contributed by atoms with van der Waals surface area (Å²) in [5.41, 5.74) is 0.739. The first-order chi connectivity index (χ1) is 7.82. The molecule has 82 valence electrons. The molecule has 0 saturated heterocycles. The quantitative estimate of drug-likeness (QED) is 0.781. The van der Waals surface area contributed by atoms with Crippen LogP contribution in [0.1, 0.15) is 8.30 Å². The lowest BCUT2D eigenvalue weighted by atomic mass is 10.2. The molecule has 1 amide bonds. The molecule has 0 fully saturated rings.